The zero-order valence-electron chi connectivity index (χ0n) is 9.09. The molecule has 0 spiro atoms. The molecule has 0 amide bonds. The minimum absolute atomic E-state index is 0.355. The van der Waals surface area contributed by atoms with E-state index in [1.807, 2.05) is 36.4 Å². The van der Waals surface area contributed by atoms with Crippen molar-refractivity contribution in [2.45, 2.75) is 0 Å². The molecule has 0 fully saturated rings. The zero-order valence-corrected chi connectivity index (χ0v) is 11.4. The van der Waals surface area contributed by atoms with E-state index in [4.69, 9.17) is 0 Å². The molecule has 2 aromatic rings. The molecule has 3 rings (SSSR count). The number of carbonyl (C=O) groups is 1. The van der Waals surface area contributed by atoms with Gasteiger partial charge in [-0.25, -0.2) is 0 Å². The normalized spacial score (nSPS) is 16.2. The summed E-state index contributed by atoms with van der Waals surface area (Å²) >= 11 is -0.709. The number of fused-ring (bicyclic) bond motifs is 1. The molecule has 0 atom stereocenters. The summed E-state index contributed by atoms with van der Waals surface area (Å²) < 4.78 is 1.61. The first-order valence-corrected chi connectivity index (χ1v) is 7.76. The molecule has 0 aliphatic carbocycles. The van der Waals surface area contributed by atoms with Crippen LogP contribution in [0.1, 0.15) is 21.5 Å². The number of hydrogen-bond acceptors (Lipinski definition) is 1. The summed E-state index contributed by atoms with van der Waals surface area (Å²) in [6.45, 7) is 0. The van der Waals surface area contributed by atoms with Crippen molar-refractivity contribution >= 4 is 34.5 Å². The third kappa shape index (κ3) is 2.07. The van der Waals surface area contributed by atoms with E-state index in [2.05, 4.69) is 24.3 Å². The van der Waals surface area contributed by atoms with Gasteiger partial charge in [0.1, 0.15) is 0 Å². The van der Waals surface area contributed by atoms with Gasteiger partial charge < -0.3 is 0 Å². The predicted molar refractivity (Wildman–Crippen MR) is 70.8 cm³/mol. The molecule has 0 aromatic heterocycles. The first kappa shape index (κ1) is 10.8. The molecule has 0 saturated heterocycles. The molecule has 1 aliphatic rings. The Morgan fingerprint density at radius 2 is 1.47 bits per heavy atom. The van der Waals surface area contributed by atoms with Gasteiger partial charge in [0, 0.05) is 0 Å². The average molecular weight is 334 g/mol. The zero-order chi connectivity index (χ0) is 11.7. The molecule has 2 heteroatoms. The Labute approximate surface area is 110 Å². The van der Waals surface area contributed by atoms with Crippen molar-refractivity contribution < 1.29 is 4.79 Å². The van der Waals surface area contributed by atoms with Crippen LogP contribution >= 0.6 is 0 Å². The summed E-state index contributed by atoms with van der Waals surface area (Å²) in [6.07, 6.45) is 2.16. The maximum absolute atomic E-state index is 11.9. The van der Waals surface area contributed by atoms with Crippen molar-refractivity contribution in [3.63, 3.8) is 0 Å². The van der Waals surface area contributed by atoms with Gasteiger partial charge in [0.25, 0.3) is 0 Å². The fraction of sp³-hybridized carbons (Fsp3) is 0. The summed E-state index contributed by atoms with van der Waals surface area (Å²) in [7, 11) is 0. The van der Waals surface area contributed by atoms with Gasteiger partial charge in [-0.05, 0) is 0 Å². The van der Waals surface area contributed by atoms with Crippen LogP contribution in [-0.2, 0) is 0 Å². The van der Waals surface area contributed by atoms with Crippen LogP contribution in [-0.4, -0.2) is 24.8 Å². The third-order valence-electron chi connectivity index (χ3n) is 2.71. The van der Waals surface area contributed by atoms with Crippen molar-refractivity contribution in [1.82, 2.24) is 0 Å². The molecule has 82 valence electrons. The Balaban J connectivity index is 2.08. The van der Waals surface area contributed by atoms with E-state index in [0.29, 0.717) is 3.83 Å². The van der Waals surface area contributed by atoms with Gasteiger partial charge in [-0.3, -0.25) is 0 Å². The van der Waals surface area contributed by atoms with Crippen LogP contribution in [0.5, 0.6) is 0 Å². The Bertz CT molecular complexity index is 599. The first-order chi connectivity index (χ1) is 8.34. The van der Waals surface area contributed by atoms with Crippen molar-refractivity contribution in [1.29, 1.82) is 0 Å². The topological polar surface area (TPSA) is 17.1 Å². The van der Waals surface area contributed by atoms with Crippen LogP contribution in [0.25, 0.3) is 9.70 Å². The summed E-state index contributed by atoms with van der Waals surface area (Å²) in [6, 6.07) is 18.1. The van der Waals surface area contributed by atoms with Crippen LogP contribution in [0.4, 0.5) is 0 Å². The van der Waals surface area contributed by atoms with Crippen LogP contribution < -0.4 is 0 Å². The molecule has 0 radical (unpaired) electrons. The second kappa shape index (κ2) is 4.49. The molecule has 1 heterocycles. The third-order valence-corrected chi connectivity index (χ3v) is 5.46. The van der Waals surface area contributed by atoms with Gasteiger partial charge in [-0.15, -0.1) is 0 Å². The molecule has 1 aliphatic heterocycles. The molecule has 0 unspecified atom stereocenters. The molecular weight excluding hydrogens is 324 g/mol. The molecular formula is C15H10OTe. The van der Waals surface area contributed by atoms with E-state index >= 15 is 0 Å². The molecule has 2 aromatic carbocycles. The van der Waals surface area contributed by atoms with Gasteiger partial charge in [0.15, 0.2) is 0 Å². The van der Waals surface area contributed by atoms with Crippen molar-refractivity contribution in [3.8, 4) is 0 Å². The van der Waals surface area contributed by atoms with Crippen LogP contribution in [0, 0.1) is 0 Å². The second-order valence-corrected chi connectivity index (χ2v) is 6.75. The summed E-state index contributed by atoms with van der Waals surface area (Å²) in [4.78, 5) is 11.9. The van der Waals surface area contributed by atoms with E-state index in [1.165, 1.54) is 9.18 Å². The van der Waals surface area contributed by atoms with Gasteiger partial charge >= 0.3 is 111 Å². The molecule has 0 saturated carbocycles. The molecule has 1 nitrogen and oxygen atoms in total. The van der Waals surface area contributed by atoms with Crippen LogP contribution in [0.2, 0.25) is 0 Å². The van der Waals surface area contributed by atoms with E-state index < -0.39 is 20.9 Å². The minimum atomic E-state index is -0.709. The quantitative estimate of drug-likeness (QED) is 0.733. The summed E-state index contributed by atoms with van der Waals surface area (Å²) in [5.74, 6) is 0. The van der Waals surface area contributed by atoms with Crippen molar-refractivity contribution in [2.75, 3.05) is 0 Å². The van der Waals surface area contributed by atoms with Gasteiger partial charge in [0.05, 0.1) is 0 Å². The summed E-state index contributed by atoms with van der Waals surface area (Å²) in [5.41, 5.74) is 3.23. The second-order valence-electron chi connectivity index (χ2n) is 3.85. The number of benzene rings is 2. The van der Waals surface area contributed by atoms with Gasteiger partial charge in [-0.2, -0.15) is 0 Å². The van der Waals surface area contributed by atoms with Crippen molar-refractivity contribution in [2.24, 2.45) is 0 Å². The van der Waals surface area contributed by atoms with Crippen LogP contribution in [0.15, 0.2) is 54.6 Å². The SMILES string of the molecule is O=C1[Te]/C(=C\c2ccccc2)c2ccccc21. The number of carbonyl (C=O) groups excluding carboxylic acids is 1. The van der Waals surface area contributed by atoms with E-state index in [-0.39, 0.29) is 0 Å². The number of rotatable bonds is 1. The van der Waals surface area contributed by atoms with Gasteiger partial charge in [0.2, 0.25) is 0 Å². The fourth-order valence-electron chi connectivity index (χ4n) is 1.89. The molecule has 17 heavy (non-hydrogen) atoms. The fourth-order valence-corrected chi connectivity index (χ4v) is 4.66. The first-order valence-electron chi connectivity index (χ1n) is 5.43. The predicted octanol–water partition coefficient (Wildman–Crippen LogP) is 3.04. The summed E-state index contributed by atoms with van der Waals surface area (Å²) in [5, 5.41) is 0. The van der Waals surface area contributed by atoms with E-state index in [1.54, 1.807) is 0 Å². The maximum atomic E-state index is 11.9. The Hall–Kier alpha value is -1.36. The Kier molecular flexibility index (Phi) is 2.84. The standard InChI is InChI=1S/C15H10OTe/c16-15-13-9-5-4-8-12(13)14(17-15)10-11-6-2-1-3-7-11/h1-10H/b14-10-. The van der Waals surface area contributed by atoms with E-state index in [9.17, 15) is 4.79 Å². The molecule has 0 bridgehead atoms. The van der Waals surface area contributed by atoms with Crippen LogP contribution in [0.3, 0.4) is 0 Å². The monoisotopic (exact) mass is 336 g/mol. The Morgan fingerprint density at radius 1 is 0.824 bits per heavy atom. The molecule has 0 N–H and O–H groups in total. The van der Waals surface area contributed by atoms with Crippen molar-refractivity contribution in [3.05, 3.63) is 71.3 Å². The Morgan fingerprint density at radius 3 is 2.24 bits per heavy atom. The number of hydrogen-bond donors (Lipinski definition) is 0. The van der Waals surface area contributed by atoms with E-state index in [0.717, 1.165) is 11.1 Å². The van der Waals surface area contributed by atoms with Gasteiger partial charge in [-0.1, -0.05) is 0 Å². The average Bonchev–Trinajstić information content (AvgIpc) is 2.69.